The number of carbonyl (C=O) groups is 2. The third kappa shape index (κ3) is 6.19. The molecule has 2 N–H and O–H groups in total. The number of carbonyl (C=O) groups excluding carboxylic acids is 1. The van der Waals surface area contributed by atoms with Crippen molar-refractivity contribution in [3.63, 3.8) is 0 Å². The van der Waals surface area contributed by atoms with Crippen molar-refractivity contribution >= 4 is 12.1 Å². The molecule has 0 aliphatic heterocycles. The predicted octanol–water partition coefficient (Wildman–Crippen LogP) is 1.79. The van der Waals surface area contributed by atoms with E-state index in [-0.39, 0.29) is 6.61 Å². The molecule has 0 saturated carbocycles. The Hall–Kier alpha value is -2.08. The Kier molecular flexibility index (Phi) is 7.13. The summed E-state index contributed by atoms with van der Waals surface area (Å²) in [4.78, 5) is 22.1. The van der Waals surface area contributed by atoms with E-state index >= 15 is 0 Å². The molecule has 20 heavy (non-hydrogen) atoms. The summed E-state index contributed by atoms with van der Waals surface area (Å²) in [5.41, 5.74) is 0.910. The van der Waals surface area contributed by atoms with Crippen LogP contribution in [0.3, 0.4) is 0 Å². The van der Waals surface area contributed by atoms with Crippen molar-refractivity contribution in [2.75, 3.05) is 13.7 Å². The second-order valence-corrected chi connectivity index (χ2v) is 4.19. The zero-order valence-corrected chi connectivity index (χ0v) is 11.4. The molecule has 6 nitrogen and oxygen atoms in total. The first kappa shape index (κ1) is 16.0. The van der Waals surface area contributed by atoms with Crippen molar-refractivity contribution in [1.82, 2.24) is 5.32 Å². The lowest BCUT2D eigenvalue weighted by Gasteiger charge is -2.10. The highest BCUT2D eigenvalue weighted by molar-refractivity contribution is 5.72. The van der Waals surface area contributed by atoms with Gasteiger partial charge in [-0.05, 0) is 18.4 Å². The van der Waals surface area contributed by atoms with Crippen LogP contribution in [0.5, 0.6) is 0 Å². The van der Waals surface area contributed by atoms with Crippen molar-refractivity contribution < 1.29 is 24.2 Å². The molecule has 6 heteroatoms. The zero-order chi connectivity index (χ0) is 14.8. The number of methoxy groups -OCH3 is 1. The lowest BCUT2D eigenvalue weighted by molar-refractivity contribution is -0.148. The summed E-state index contributed by atoms with van der Waals surface area (Å²) in [6.07, 6.45) is -0.508. The first-order chi connectivity index (χ1) is 9.63. The van der Waals surface area contributed by atoms with Gasteiger partial charge < -0.3 is 19.9 Å². The average molecular weight is 281 g/mol. The average Bonchev–Trinajstić information content (AvgIpc) is 2.46. The van der Waals surface area contributed by atoms with Gasteiger partial charge in [0.25, 0.3) is 0 Å². The number of aliphatic carboxylic acids is 1. The van der Waals surface area contributed by atoms with E-state index in [1.807, 2.05) is 30.3 Å². The van der Waals surface area contributed by atoms with Crippen molar-refractivity contribution in [2.24, 2.45) is 0 Å². The summed E-state index contributed by atoms with van der Waals surface area (Å²) in [5.74, 6) is -1.00. The van der Waals surface area contributed by atoms with Crippen LogP contribution >= 0.6 is 0 Å². The van der Waals surface area contributed by atoms with Crippen molar-refractivity contribution in [1.29, 1.82) is 0 Å². The fourth-order valence-electron chi connectivity index (χ4n) is 1.59. The van der Waals surface area contributed by atoms with Gasteiger partial charge in [-0.2, -0.15) is 0 Å². The van der Waals surface area contributed by atoms with E-state index in [2.05, 4.69) is 5.32 Å². The second-order valence-electron chi connectivity index (χ2n) is 4.19. The normalized spacial score (nSPS) is 11.7. The molecule has 0 bridgehead atoms. The Labute approximate surface area is 117 Å². The molecule has 0 radical (unpaired) electrons. The highest BCUT2D eigenvalue weighted by Crippen LogP contribution is 2.02. The van der Waals surface area contributed by atoms with Crippen LogP contribution in [0.1, 0.15) is 18.4 Å². The van der Waals surface area contributed by atoms with Crippen LogP contribution in [0.4, 0.5) is 4.79 Å². The maximum absolute atomic E-state index is 11.4. The van der Waals surface area contributed by atoms with Crippen LogP contribution in [0.25, 0.3) is 0 Å². The third-order valence-corrected chi connectivity index (χ3v) is 2.69. The molecule has 1 amide bonds. The molecule has 1 atom stereocenters. The summed E-state index contributed by atoms with van der Waals surface area (Å²) in [7, 11) is 1.35. The Morgan fingerprint density at radius 1 is 1.30 bits per heavy atom. The molecule has 110 valence electrons. The minimum Gasteiger partial charge on any atom is -0.479 e. The number of carboxylic acids is 1. The molecule has 1 unspecified atom stereocenters. The number of nitrogens with one attached hydrogen (secondary N) is 1. The first-order valence-electron chi connectivity index (χ1n) is 6.33. The van der Waals surface area contributed by atoms with Gasteiger partial charge in [0.2, 0.25) is 0 Å². The number of hydrogen-bond acceptors (Lipinski definition) is 4. The van der Waals surface area contributed by atoms with E-state index in [1.54, 1.807) is 0 Å². The fraction of sp³-hybridized carbons (Fsp3) is 0.429. The van der Waals surface area contributed by atoms with Crippen molar-refractivity contribution in [2.45, 2.75) is 25.6 Å². The molecule has 0 fully saturated rings. The Balaban J connectivity index is 2.13. The van der Waals surface area contributed by atoms with Gasteiger partial charge >= 0.3 is 12.1 Å². The molecular weight excluding hydrogens is 262 g/mol. The van der Waals surface area contributed by atoms with E-state index < -0.39 is 18.2 Å². The molecule has 0 saturated heterocycles. The highest BCUT2D eigenvalue weighted by Gasteiger charge is 2.15. The summed E-state index contributed by atoms with van der Waals surface area (Å²) >= 11 is 0. The maximum Gasteiger partial charge on any atom is 0.407 e. The standard InChI is InChI=1S/C14H19NO5/c1-19-12(13(16)17)8-5-9-15-14(18)20-10-11-6-3-2-4-7-11/h2-4,6-7,12H,5,8-10H2,1H3,(H,15,18)(H,16,17). The van der Waals surface area contributed by atoms with E-state index in [4.69, 9.17) is 14.6 Å². The SMILES string of the molecule is COC(CCCNC(=O)OCc1ccccc1)C(=O)O. The molecule has 0 aliphatic carbocycles. The lowest BCUT2D eigenvalue weighted by Crippen LogP contribution is -2.28. The summed E-state index contributed by atoms with van der Waals surface area (Å²) in [6, 6.07) is 9.35. The summed E-state index contributed by atoms with van der Waals surface area (Å²) < 4.78 is 9.79. The van der Waals surface area contributed by atoms with Gasteiger partial charge in [-0.25, -0.2) is 9.59 Å². The Morgan fingerprint density at radius 2 is 2.00 bits per heavy atom. The maximum atomic E-state index is 11.4. The molecular formula is C14H19NO5. The number of benzene rings is 1. The van der Waals surface area contributed by atoms with Crippen molar-refractivity contribution in [3.8, 4) is 0 Å². The number of rotatable bonds is 8. The van der Waals surface area contributed by atoms with Crippen LogP contribution in [-0.2, 0) is 20.9 Å². The first-order valence-corrected chi connectivity index (χ1v) is 6.33. The molecule has 0 heterocycles. The Morgan fingerprint density at radius 3 is 2.60 bits per heavy atom. The molecule has 1 rings (SSSR count). The monoisotopic (exact) mass is 281 g/mol. The smallest absolute Gasteiger partial charge is 0.407 e. The van der Waals surface area contributed by atoms with Gasteiger partial charge in [0.1, 0.15) is 6.61 Å². The van der Waals surface area contributed by atoms with Gasteiger partial charge in [0.15, 0.2) is 6.10 Å². The number of hydrogen-bond donors (Lipinski definition) is 2. The molecule has 0 aliphatic rings. The second kappa shape index (κ2) is 8.92. The topological polar surface area (TPSA) is 84.9 Å². The van der Waals surface area contributed by atoms with Crippen LogP contribution < -0.4 is 5.32 Å². The van der Waals surface area contributed by atoms with E-state index in [9.17, 15) is 9.59 Å². The lowest BCUT2D eigenvalue weighted by atomic mass is 10.2. The van der Waals surface area contributed by atoms with Gasteiger partial charge in [-0.15, -0.1) is 0 Å². The van der Waals surface area contributed by atoms with E-state index in [0.29, 0.717) is 19.4 Å². The minimum absolute atomic E-state index is 0.211. The predicted molar refractivity (Wildman–Crippen MR) is 72.3 cm³/mol. The van der Waals surface area contributed by atoms with Gasteiger partial charge in [0.05, 0.1) is 0 Å². The zero-order valence-electron chi connectivity index (χ0n) is 11.4. The highest BCUT2D eigenvalue weighted by atomic mass is 16.5. The van der Waals surface area contributed by atoms with Crippen LogP contribution in [0, 0.1) is 0 Å². The fourth-order valence-corrected chi connectivity index (χ4v) is 1.59. The number of alkyl carbamates (subject to hydrolysis) is 1. The van der Waals surface area contributed by atoms with Crippen LogP contribution in [-0.4, -0.2) is 36.9 Å². The number of ether oxygens (including phenoxy) is 2. The summed E-state index contributed by atoms with van der Waals surface area (Å²) in [6.45, 7) is 0.559. The Bertz CT molecular complexity index is 421. The largest absolute Gasteiger partial charge is 0.479 e. The number of amides is 1. The van der Waals surface area contributed by atoms with E-state index in [0.717, 1.165) is 5.56 Å². The minimum atomic E-state index is -1.00. The van der Waals surface area contributed by atoms with Crippen LogP contribution in [0.2, 0.25) is 0 Å². The molecule has 0 aromatic heterocycles. The van der Waals surface area contributed by atoms with Gasteiger partial charge in [0, 0.05) is 13.7 Å². The molecule has 1 aromatic carbocycles. The van der Waals surface area contributed by atoms with E-state index in [1.165, 1.54) is 7.11 Å². The molecule has 0 spiro atoms. The summed E-state index contributed by atoms with van der Waals surface area (Å²) in [5, 5.41) is 11.3. The quantitative estimate of drug-likeness (QED) is 0.710. The van der Waals surface area contributed by atoms with Crippen LogP contribution in [0.15, 0.2) is 30.3 Å². The molecule has 1 aromatic rings. The third-order valence-electron chi connectivity index (χ3n) is 2.69. The van der Waals surface area contributed by atoms with Gasteiger partial charge in [-0.1, -0.05) is 30.3 Å². The van der Waals surface area contributed by atoms with Gasteiger partial charge in [-0.3, -0.25) is 0 Å². The number of carboxylic acid groups (broad SMARTS) is 1. The van der Waals surface area contributed by atoms with Crippen molar-refractivity contribution in [3.05, 3.63) is 35.9 Å².